The lowest BCUT2D eigenvalue weighted by Crippen LogP contribution is -2.29. The normalized spacial score (nSPS) is 11.4. The Balaban J connectivity index is 1.95. The number of benzene rings is 2. The van der Waals surface area contributed by atoms with Crippen LogP contribution in [0.3, 0.4) is 0 Å². The fourth-order valence-corrected chi connectivity index (χ4v) is 3.82. The Kier molecular flexibility index (Phi) is 6.80. The summed E-state index contributed by atoms with van der Waals surface area (Å²) >= 11 is 0. The lowest BCUT2D eigenvalue weighted by atomic mass is 10.2. The molecule has 0 bridgehead atoms. The minimum absolute atomic E-state index is 0.0916. The molecule has 5 nitrogen and oxygen atoms in total. The Bertz CT molecular complexity index is 833. The summed E-state index contributed by atoms with van der Waals surface area (Å²) in [5.41, 5.74) is 1.32. The Morgan fingerprint density at radius 1 is 1.04 bits per heavy atom. The molecular weight excluding hydrogens is 348 g/mol. The topological polar surface area (TPSA) is 66.5 Å². The molecule has 0 aromatic heterocycles. The smallest absolute Gasteiger partial charge is 0.252 e. The fourth-order valence-electron chi connectivity index (χ4n) is 2.58. The van der Waals surface area contributed by atoms with Gasteiger partial charge in [-0.15, -0.1) is 0 Å². The van der Waals surface area contributed by atoms with E-state index in [0.29, 0.717) is 6.54 Å². The second-order valence-corrected chi connectivity index (χ2v) is 8.93. The van der Waals surface area contributed by atoms with Crippen LogP contribution in [0.15, 0.2) is 59.5 Å². The first-order chi connectivity index (χ1) is 12.3. The van der Waals surface area contributed by atoms with Crippen molar-refractivity contribution in [3.8, 4) is 0 Å². The summed E-state index contributed by atoms with van der Waals surface area (Å²) in [6.45, 7) is 4.50. The van der Waals surface area contributed by atoms with Crippen LogP contribution in [0, 0.1) is 0 Å². The van der Waals surface area contributed by atoms with E-state index in [4.69, 9.17) is 0 Å². The largest absolute Gasteiger partial charge is 0.375 e. The third kappa shape index (κ3) is 4.85. The van der Waals surface area contributed by atoms with Crippen LogP contribution in [0.5, 0.6) is 0 Å². The molecule has 0 fully saturated rings. The van der Waals surface area contributed by atoms with Gasteiger partial charge in [-0.25, -0.2) is 8.42 Å². The lowest BCUT2D eigenvalue weighted by molar-refractivity contribution is 0.0950. The standard InChI is InChI=1S/C20H26N2O3S/c1-16(2)26(24,25)19-13-8-7-12-18(19)20(23)21-14-9-15-22(3)17-10-5-4-6-11-17/h4-8,10-13,16H,9,14-15H2,1-3H3,(H,21,23). The second kappa shape index (κ2) is 8.85. The first kappa shape index (κ1) is 20.0. The number of anilines is 1. The zero-order valence-electron chi connectivity index (χ0n) is 15.5. The highest BCUT2D eigenvalue weighted by Gasteiger charge is 2.24. The molecule has 0 heterocycles. The molecule has 0 spiro atoms. The molecule has 2 aromatic rings. The van der Waals surface area contributed by atoms with Crippen molar-refractivity contribution in [3.05, 3.63) is 60.2 Å². The van der Waals surface area contributed by atoms with Crippen molar-refractivity contribution in [1.29, 1.82) is 0 Å². The van der Waals surface area contributed by atoms with Crippen LogP contribution >= 0.6 is 0 Å². The zero-order valence-corrected chi connectivity index (χ0v) is 16.3. The number of sulfone groups is 1. The summed E-state index contributed by atoms with van der Waals surface area (Å²) in [5.74, 6) is -0.354. The average Bonchev–Trinajstić information content (AvgIpc) is 2.65. The Labute approximate surface area is 156 Å². The van der Waals surface area contributed by atoms with E-state index in [1.54, 1.807) is 32.0 Å². The molecule has 140 valence electrons. The molecule has 6 heteroatoms. The number of hydrogen-bond donors (Lipinski definition) is 1. The fraction of sp³-hybridized carbons (Fsp3) is 0.350. The number of carbonyl (C=O) groups excluding carboxylic acids is 1. The highest BCUT2D eigenvalue weighted by Crippen LogP contribution is 2.20. The third-order valence-corrected chi connectivity index (χ3v) is 6.42. The van der Waals surface area contributed by atoms with Gasteiger partial charge in [0.25, 0.3) is 5.91 Å². The van der Waals surface area contributed by atoms with Crippen molar-refractivity contribution >= 4 is 21.4 Å². The molecule has 1 amide bonds. The summed E-state index contributed by atoms with van der Waals surface area (Å²) in [5, 5.41) is 2.25. The van der Waals surface area contributed by atoms with E-state index in [-0.39, 0.29) is 16.4 Å². The predicted molar refractivity (Wildman–Crippen MR) is 105 cm³/mol. The van der Waals surface area contributed by atoms with Gasteiger partial charge in [0.15, 0.2) is 9.84 Å². The SMILES string of the molecule is CC(C)S(=O)(=O)c1ccccc1C(=O)NCCCN(C)c1ccccc1. The number of hydrogen-bond acceptors (Lipinski definition) is 4. The molecule has 0 atom stereocenters. The number of carbonyl (C=O) groups is 1. The van der Waals surface area contributed by atoms with Crippen molar-refractivity contribution < 1.29 is 13.2 Å². The van der Waals surface area contributed by atoms with Gasteiger partial charge in [0.05, 0.1) is 15.7 Å². The molecule has 0 saturated carbocycles. The minimum atomic E-state index is -3.50. The minimum Gasteiger partial charge on any atom is -0.375 e. The van der Waals surface area contributed by atoms with Gasteiger partial charge in [0.1, 0.15) is 0 Å². The van der Waals surface area contributed by atoms with Gasteiger partial charge in [-0.1, -0.05) is 30.3 Å². The Morgan fingerprint density at radius 2 is 1.65 bits per heavy atom. The van der Waals surface area contributed by atoms with E-state index in [2.05, 4.69) is 10.2 Å². The summed E-state index contributed by atoms with van der Waals surface area (Å²) < 4.78 is 24.9. The zero-order chi connectivity index (χ0) is 19.2. The molecule has 0 aliphatic heterocycles. The van der Waals surface area contributed by atoms with Gasteiger partial charge < -0.3 is 10.2 Å². The monoisotopic (exact) mass is 374 g/mol. The van der Waals surface area contributed by atoms with Crippen LogP contribution in [0.25, 0.3) is 0 Å². The van der Waals surface area contributed by atoms with Crippen LogP contribution in [0.4, 0.5) is 5.69 Å². The summed E-state index contributed by atoms with van der Waals surface area (Å²) in [7, 11) is -1.50. The van der Waals surface area contributed by atoms with E-state index >= 15 is 0 Å². The van der Waals surface area contributed by atoms with Gasteiger partial charge in [0, 0.05) is 25.8 Å². The highest BCUT2D eigenvalue weighted by molar-refractivity contribution is 7.92. The van der Waals surface area contributed by atoms with Crippen molar-refractivity contribution in [2.24, 2.45) is 0 Å². The molecule has 0 unspecified atom stereocenters. The van der Waals surface area contributed by atoms with E-state index in [1.165, 1.54) is 6.07 Å². The van der Waals surface area contributed by atoms with Gasteiger partial charge in [0.2, 0.25) is 0 Å². The van der Waals surface area contributed by atoms with Crippen molar-refractivity contribution in [2.75, 3.05) is 25.0 Å². The van der Waals surface area contributed by atoms with Gasteiger partial charge in [-0.2, -0.15) is 0 Å². The maximum Gasteiger partial charge on any atom is 0.252 e. The molecule has 0 aliphatic rings. The number of rotatable bonds is 8. The molecular formula is C20H26N2O3S. The van der Waals surface area contributed by atoms with Crippen LogP contribution in [0.1, 0.15) is 30.6 Å². The van der Waals surface area contributed by atoms with Crippen LogP contribution < -0.4 is 10.2 Å². The van der Waals surface area contributed by atoms with Crippen LogP contribution in [0.2, 0.25) is 0 Å². The lowest BCUT2D eigenvalue weighted by Gasteiger charge is -2.19. The van der Waals surface area contributed by atoms with Crippen LogP contribution in [-0.2, 0) is 9.84 Å². The number of para-hydroxylation sites is 1. The van der Waals surface area contributed by atoms with Crippen molar-refractivity contribution in [2.45, 2.75) is 30.4 Å². The number of nitrogens with one attached hydrogen (secondary N) is 1. The highest BCUT2D eigenvalue weighted by atomic mass is 32.2. The predicted octanol–water partition coefficient (Wildman–Crippen LogP) is 3.13. The third-order valence-electron chi connectivity index (χ3n) is 4.21. The van der Waals surface area contributed by atoms with Crippen molar-refractivity contribution in [1.82, 2.24) is 5.32 Å². The summed E-state index contributed by atoms with van der Waals surface area (Å²) in [4.78, 5) is 14.7. The molecule has 2 rings (SSSR count). The molecule has 26 heavy (non-hydrogen) atoms. The molecule has 2 aromatic carbocycles. The number of nitrogens with zero attached hydrogens (tertiary/aromatic N) is 1. The number of amides is 1. The van der Waals surface area contributed by atoms with Gasteiger partial charge >= 0.3 is 0 Å². The Morgan fingerprint density at radius 3 is 2.31 bits per heavy atom. The van der Waals surface area contributed by atoms with Crippen molar-refractivity contribution in [3.63, 3.8) is 0 Å². The molecule has 0 saturated heterocycles. The summed E-state index contributed by atoms with van der Waals surface area (Å²) in [6, 6.07) is 16.4. The molecule has 1 N–H and O–H groups in total. The van der Waals surface area contributed by atoms with Crippen LogP contribution in [-0.4, -0.2) is 39.7 Å². The van der Waals surface area contributed by atoms with E-state index in [0.717, 1.165) is 18.7 Å². The quantitative estimate of drug-likeness (QED) is 0.721. The first-order valence-corrected chi connectivity index (χ1v) is 10.3. The second-order valence-electron chi connectivity index (χ2n) is 6.46. The first-order valence-electron chi connectivity index (χ1n) is 8.71. The molecule has 0 aliphatic carbocycles. The van der Waals surface area contributed by atoms with E-state index < -0.39 is 15.1 Å². The average molecular weight is 375 g/mol. The maximum absolute atomic E-state index is 12.5. The maximum atomic E-state index is 12.5. The molecule has 0 radical (unpaired) electrons. The Hall–Kier alpha value is -2.34. The van der Waals surface area contributed by atoms with Gasteiger partial charge in [-0.05, 0) is 44.5 Å². The summed E-state index contributed by atoms with van der Waals surface area (Å²) in [6.07, 6.45) is 0.760. The van der Waals surface area contributed by atoms with Gasteiger partial charge in [-0.3, -0.25) is 4.79 Å². The van der Waals surface area contributed by atoms with E-state index in [1.807, 2.05) is 37.4 Å². The van der Waals surface area contributed by atoms with E-state index in [9.17, 15) is 13.2 Å².